The normalized spacial score (nSPS) is 11.3. The Bertz CT molecular complexity index is 1420. The SMILES string of the molecule is C=CCc1cc(/C=C(\C#N)C(=O)NCc2ccccc2)cc(OC)c1OS(=O)(=O)c1ccc(C)cc1. The molecule has 0 aliphatic carbocycles. The maximum absolute atomic E-state index is 12.9. The third-order valence-electron chi connectivity index (χ3n) is 5.21. The molecule has 0 fully saturated rings. The van der Waals surface area contributed by atoms with E-state index in [1.807, 2.05) is 43.3 Å². The molecule has 7 nitrogen and oxygen atoms in total. The van der Waals surface area contributed by atoms with Crippen molar-refractivity contribution in [2.75, 3.05) is 7.11 Å². The summed E-state index contributed by atoms with van der Waals surface area (Å²) in [5.74, 6) is -0.381. The van der Waals surface area contributed by atoms with Gasteiger partial charge in [0.2, 0.25) is 0 Å². The van der Waals surface area contributed by atoms with Crippen molar-refractivity contribution in [2.24, 2.45) is 0 Å². The molecular weight excluding hydrogens is 476 g/mol. The van der Waals surface area contributed by atoms with Crippen molar-refractivity contribution in [2.45, 2.75) is 24.8 Å². The van der Waals surface area contributed by atoms with Crippen LogP contribution in [0.3, 0.4) is 0 Å². The first-order valence-electron chi connectivity index (χ1n) is 11.0. The lowest BCUT2D eigenvalue weighted by Crippen LogP contribution is -2.23. The number of benzene rings is 3. The first-order valence-corrected chi connectivity index (χ1v) is 12.4. The van der Waals surface area contributed by atoms with Crippen LogP contribution < -0.4 is 14.2 Å². The molecule has 3 rings (SSSR count). The van der Waals surface area contributed by atoms with E-state index in [0.717, 1.165) is 11.1 Å². The van der Waals surface area contributed by atoms with Crippen LogP contribution >= 0.6 is 0 Å². The fourth-order valence-electron chi connectivity index (χ4n) is 3.37. The highest BCUT2D eigenvalue weighted by molar-refractivity contribution is 7.87. The summed E-state index contributed by atoms with van der Waals surface area (Å²) in [6.07, 6.45) is 3.26. The van der Waals surface area contributed by atoms with Crippen molar-refractivity contribution in [3.05, 3.63) is 107 Å². The summed E-state index contributed by atoms with van der Waals surface area (Å²) < 4.78 is 36.7. The number of carbonyl (C=O) groups is 1. The van der Waals surface area contributed by atoms with E-state index in [2.05, 4.69) is 11.9 Å². The van der Waals surface area contributed by atoms with Crippen molar-refractivity contribution in [3.8, 4) is 17.6 Å². The zero-order valence-electron chi connectivity index (χ0n) is 20.0. The predicted molar refractivity (Wildman–Crippen MR) is 138 cm³/mol. The lowest BCUT2D eigenvalue weighted by atomic mass is 10.0. The smallest absolute Gasteiger partial charge is 0.339 e. The molecule has 0 bridgehead atoms. The van der Waals surface area contributed by atoms with Crippen molar-refractivity contribution >= 4 is 22.1 Å². The number of aryl methyl sites for hydroxylation is 1. The highest BCUT2D eigenvalue weighted by Gasteiger charge is 2.22. The molecule has 1 amide bonds. The van der Waals surface area contributed by atoms with Crippen molar-refractivity contribution in [3.63, 3.8) is 0 Å². The summed E-state index contributed by atoms with van der Waals surface area (Å²) in [6, 6.07) is 20.7. The first kappa shape index (κ1) is 26.3. The summed E-state index contributed by atoms with van der Waals surface area (Å²) >= 11 is 0. The number of nitriles is 1. The molecule has 0 saturated carbocycles. The topological polar surface area (TPSA) is 105 Å². The predicted octanol–water partition coefficient (Wildman–Crippen LogP) is 4.72. The summed E-state index contributed by atoms with van der Waals surface area (Å²) in [4.78, 5) is 12.6. The van der Waals surface area contributed by atoms with E-state index < -0.39 is 16.0 Å². The van der Waals surface area contributed by atoms with Crippen LogP contribution in [-0.2, 0) is 27.9 Å². The average molecular weight is 503 g/mol. The van der Waals surface area contributed by atoms with Crippen molar-refractivity contribution in [1.29, 1.82) is 5.26 Å². The minimum Gasteiger partial charge on any atom is -0.493 e. The number of rotatable bonds is 10. The maximum atomic E-state index is 12.9. The molecule has 0 atom stereocenters. The van der Waals surface area contributed by atoms with Gasteiger partial charge in [-0.1, -0.05) is 54.1 Å². The molecule has 36 heavy (non-hydrogen) atoms. The van der Waals surface area contributed by atoms with Gasteiger partial charge in [0.05, 0.1) is 7.11 Å². The Kier molecular flexibility index (Phi) is 8.66. The molecule has 0 aliphatic rings. The van der Waals surface area contributed by atoms with Gasteiger partial charge in [-0.05, 0) is 54.8 Å². The molecule has 0 aliphatic heterocycles. The minimum atomic E-state index is -4.14. The number of nitrogens with zero attached hydrogens (tertiary/aromatic N) is 1. The van der Waals surface area contributed by atoms with Gasteiger partial charge >= 0.3 is 10.1 Å². The van der Waals surface area contributed by atoms with E-state index in [1.54, 1.807) is 24.3 Å². The van der Waals surface area contributed by atoms with Gasteiger partial charge in [0.25, 0.3) is 5.91 Å². The summed E-state index contributed by atoms with van der Waals surface area (Å²) in [6.45, 7) is 5.85. The zero-order chi connectivity index (χ0) is 26.1. The number of carbonyl (C=O) groups excluding carboxylic acids is 1. The zero-order valence-corrected chi connectivity index (χ0v) is 20.8. The second-order valence-corrected chi connectivity index (χ2v) is 9.44. The fraction of sp³-hybridized carbons (Fsp3) is 0.143. The quantitative estimate of drug-likeness (QED) is 0.186. The number of hydrogen-bond donors (Lipinski definition) is 1. The van der Waals surface area contributed by atoms with E-state index in [9.17, 15) is 18.5 Å². The molecule has 8 heteroatoms. The van der Waals surface area contributed by atoms with Gasteiger partial charge in [0.15, 0.2) is 11.5 Å². The van der Waals surface area contributed by atoms with Gasteiger partial charge in [0, 0.05) is 12.1 Å². The molecule has 0 radical (unpaired) electrons. The molecule has 184 valence electrons. The summed E-state index contributed by atoms with van der Waals surface area (Å²) in [7, 11) is -2.76. The van der Waals surface area contributed by atoms with Crippen LogP contribution in [0.2, 0.25) is 0 Å². The molecule has 3 aromatic carbocycles. The number of nitrogens with one attached hydrogen (secondary N) is 1. The number of allylic oxidation sites excluding steroid dienone is 1. The highest BCUT2D eigenvalue weighted by atomic mass is 32.2. The van der Waals surface area contributed by atoms with Crippen LogP contribution in [0.15, 0.2) is 89.9 Å². The Morgan fingerprint density at radius 2 is 1.81 bits per heavy atom. The molecule has 0 saturated heterocycles. The van der Waals surface area contributed by atoms with Gasteiger partial charge in [-0.3, -0.25) is 4.79 Å². The maximum Gasteiger partial charge on any atom is 0.339 e. The Balaban J connectivity index is 1.93. The molecule has 0 aromatic heterocycles. The third-order valence-corrected chi connectivity index (χ3v) is 6.45. The van der Waals surface area contributed by atoms with E-state index in [1.165, 1.54) is 31.4 Å². The monoisotopic (exact) mass is 502 g/mol. The van der Waals surface area contributed by atoms with E-state index >= 15 is 0 Å². The molecular formula is C28H26N2O5S. The van der Waals surface area contributed by atoms with E-state index in [-0.39, 0.29) is 34.9 Å². The van der Waals surface area contributed by atoms with Gasteiger partial charge in [-0.25, -0.2) is 0 Å². The Labute approximate surface area is 211 Å². The Morgan fingerprint density at radius 1 is 1.11 bits per heavy atom. The van der Waals surface area contributed by atoms with Crippen LogP contribution in [0.1, 0.15) is 22.3 Å². The summed E-state index contributed by atoms with van der Waals surface area (Å²) in [5.41, 5.74) is 2.63. The third kappa shape index (κ3) is 6.62. The Hall–Kier alpha value is -4.35. The highest BCUT2D eigenvalue weighted by Crippen LogP contribution is 2.36. The minimum absolute atomic E-state index is 0.00512. The van der Waals surface area contributed by atoms with Crippen molar-refractivity contribution in [1.82, 2.24) is 5.32 Å². The summed E-state index contributed by atoms with van der Waals surface area (Å²) in [5, 5.41) is 12.3. The molecule has 0 heterocycles. The number of hydrogen-bond acceptors (Lipinski definition) is 6. The first-order chi connectivity index (χ1) is 17.3. The van der Waals surface area contributed by atoms with Crippen LogP contribution in [0.4, 0.5) is 0 Å². The van der Waals surface area contributed by atoms with Crippen LogP contribution in [0.5, 0.6) is 11.5 Å². The fourth-order valence-corrected chi connectivity index (χ4v) is 4.35. The number of ether oxygens (including phenoxy) is 1. The second-order valence-electron chi connectivity index (χ2n) is 7.89. The van der Waals surface area contributed by atoms with E-state index in [0.29, 0.717) is 11.1 Å². The number of amides is 1. The average Bonchev–Trinajstić information content (AvgIpc) is 2.88. The van der Waals surface area contributed by atoms with Crippen molar-refractivity contribution < 1.29 is 22.1 Å². The second kappa shape index (κ2) is 11.9. The van der Waals surface area contributed by atoms with Gasteiger partial charge in [-0.2, -0.15) is 13.7 Å². The molecule has 0 spiro atoms. The van der Waals surface area contributed by atoms with Gasteiger partial charge in [-0.15, -0.1) is 6.58 Å². The van der Waals surface area contributed by atoms with Crippen LogP contribution in [-0.4, -0.2) is 21.4 Å². The largest absolute Gasteiger partial charge is 0.493 e. The molecule has 1 N–H and O–H groups in total. The Morgan fingerprint density at radius 3 is 2.42 bits per heavy atom. The van der Waals surface area contributed by atoms with Crippen LogP contribution in [0.25, 0.3) is 6.08 Å². The van der Waals surface area contributed by atoms with Gasteiger partial charge in [0.1, 0.15) is 16.5 Å². The van der Waals surface area contributed by atoms with Gasteiger partial charge < -0.3 is 14.2 Å². The molecule has 0 unspecified atom stereocenters. The van der Waals surface area contributed by atoms with Crippen LogP contribution in [0, 0.1) is 18.3 Å². The molecule has 3 aromatic rings. The standard InChI is InChI=1S/C28H26N2O5S/c1-4-8-23-15-22(16-24(18-29)28(31)30-19-21-9-6-5-7-10-21)17-26(34-3)27(23)35-36(32,33)25-13-11-20(2)12-14-25/h4-7,9-17H,1,8,19H2,2-3H3,(H,30,31)/b24-16+. The lowest BCUT2D eigenvalue weighted by Gasteiger charge is -2.16. The lowest BCUT2D eigenvalue weighted by molar-refractivity contribution is -0.117. The van der Waals surface area contributed by atoms with E-state index in [4.69, 9.17) is 8.92 Å². The number of methoxy groups -OCH3 is 1.